The minimum atomic E-state index is -0.413. The highest BCUT2D eigenvalue weighted by molar-refractivity contribution is 5.91. The molecule has 108 valence electrons. The van der Waals surface area contributed by atoms with Crippen molar-refractivity contribution in [2.75, 3.05) is 25.9 Å². The van der Waals surface area contributed by atoms with Crippen LogP contribution in [0.15, 0.2) is 48.5 Å². The van der Waals surface area contributed by atoms with Crippen LogP contribution in [-0.2, 0) is 14.3 Å². The Morgan fingerprint density at radius 2 is 1.57 bits per heavy atom. The Hall–Kier alpha value is -2.33. The van der Waals surface area contributed by atoms with E-state index in [1.807, 2.05) is 55.6 Å². The largest absolute Gasteiger partial charge is 0.438 e. The summed E-state index contributed by atoms with van der Waals surface area (Å²) < 4.78 is 10.0. The van der Waals surface area contributed by atoms with Crippen LogP contribution in [0.4, 0.5) is 11.4 Å². The summed E-state index contributed by atoms with van der Waals surface area (Å²) in [5.74, 6) is -0.700. The van der Waals surface area contributed by atoms with E-state index in [1.54, 1.807) is 0 Å². The molecule has 1 aliphatic heterocycles. The molecule has 0 fully saturated rings. The smallest absolute Gasteiger partial charge is 0.320 e. The lowest BCUT2D eigenvalue weighted by Crippen LogP contribution is -2.27. The van der Waals surface area contributed by atoms with Gasteiger partial charge in [0, 0.05) is 25.5 Å². The van der Waals surface area contributed by atoms with Gasteiger partial charge < -0.3 is 14.4 Å². The summed E-state index contributed by atoms with van der Waals surface area (Å²) in [6.07, 6.45) is 0. The number of carbonyl (C=O) groups excluding carboxylic acids is 1. The van der Waals surface area contributed by atoms with E-state index in [1.165, 1.54) is 7.11 Å². The number of para-hydroxylation sites is 2. The predicted octanol–water partition coefficient (Wildman–Crippen LogP) is 3.05. The number of ether oxygens (including phenoxy) is 2. The first kappa shape index (κ1) is 13.6. The van der Waals surface area contributed by atoms with Gasteiger partial charge in [0.25, 0.3) is 0 Å². The number of anilines is 2. The van der Waals surface area contributed by atoms with Crippen molar-refractivity contribution < 1.29 is 14.3 Å². The molecule has 0 saturated carbocycles. The van der Waals surface area contributed by atoms with Crippen LogP contribution < -0.4 is 4.90 Å². The molecule has 0 bridgehead atoms. The fraction of sp³-hybridized carbons (Fsp3) is 0.235. The van der Waals surface area contributed by atoms with E-state index in [2.05, 4.69) is 4.90 Å². The molecule has 0 spiro atoms. The van der Waals surface area contributed by atoms with Gasteiger partial charge in [0.2, 0.25) is 0 Å². The van der Waals surface area contributed by atoms with Gasteiger partial charge in [-0.05, 0) is 23.3 Å². The summed E-state index contributed by atoms with van der Waals surface area (Å²) >= 11 is 0. The highest BCUT2D eigenvalue weighted by Gasteiger charge is 2.34. The molecule has 2 aromatic rings. The van der Waals surface area contributed by atoms with Crippen molar-refractivity contribution in [1.82, 2.24) is 0 Å². The zero-order chi connectivity index (χ0) is 14.8. The van der Waals surface area contributed by atoms with E-state index in [0.717, 1.165) is 22.5 Å². The normalized spacial score (nSPS) is 13.5. The molecule has 0 unspecified atom stereocenters. The zero-order valence-electron chi connectivity index (χ0n) is 12.1. The first-order valence-corrected chi connectivity index (χ1v) is 6.81. The molecule has 0 N–H and O–H groups in total. The number of methoxy groups -OCH3 is 1. The van der Waals surface area contributed by atoms with Crippen molar-refractivity contribution in [3.8, 4) is 0 Å². The van der Waals surface area contributed by atoms with Gasteiger partial charge in [0.1, 0.15) is 5.92 Å². The highest BCUT2D eigenvalue weighted by atomic mass is 16.7. The van der Waals surface area contributed by atoms with Gasteiger partial charge in [-0.15, -0.1) is 0 Å². The molecule has 1 aliphatic rings. The van der Waals surface area contributed by atoms with Crippen molar-refractivity contribution in [2.24, 2.45) is 0 Å². The molecule has 1 heterocycles. The average Bonchev–Trinajstić information content (AvgIpc) is 2.53. The summed E-state index contributed by atoms with van der Waals surface area (Å²) in [5.41, 5.74) is 3.96. The average molecular weight is 283 g/mol. The van der Waals surface area contributed by atoms with Crippen LogP contribution in [-0.4, -0.2) is 26.9 Å². The van der Waals surface area contributed by atoms with Gasteiger partial charge in [-0.2, -0.15) is 0 Å². The number of esters is 1. The maximum atomic E-state index is 12.5. The third-order valence-electron chi connectivity index (χ3n) is 3.77. The Bertz CT molecular complexity index is 621. The first-order valence-electron chi connectivity index (χ1n) is 6.81. The molecule has 3 rings (SSSR count). The van der Waals surface area contributed by atoms with Crippen molar-refractivity contribution in [3.63, 3.8) is 0 Å². The maximum absolute atomic E-state index is 12.5. The fourth-order valence-corrected chi connectivity index (χ4v) is 2.83. The monoisotopic (exact) mass is 283 g/mol. The van der Waals surface area contributed by atoms with Crippen LogP contribution in [0.25, 0.3) is 0 Å². The molecule has 21 heavy (non-hydrogen) atoms. The Morgan fingerprint density at radius 1 is 1.05 bits per heavy atom. The van der Waals surface area contributed by atoms with E-state index in [-0.39, 0.29) is 12.8 Å². The second kappa shape index (κ2) is 5.58. The number of nitrogens with zero attached hydrogens (tertiary/aromatic N) is 1. The molecule has 4 nitrogen and oxygen atoms in total. The maximum Gasteiger partial charge on any atom is 0.320 e. The van der Waals surface area contributed by atoms with Gasteiger partial charge >= 0.3 is 5.97 Å². The lowest BCUT2D eigenvalue weighted by Gasteiger charge is -2.34. The van der Waals surface area contributed by atoms with Gasteiger partial charge in [-0.25, -0.2) is 0 Å². The van der Waals surface area contributed by atoms with Crippen LogP contribution in [0.5, 0.6) is 0 Å². The highest BCUT2D eigenvalue weighted by Crippen LogP contribution is 2.44. The lowest BCUT2D eigenvalue weighted by atomic mass is 9.85. The summed E-state index contributed by atoms with van der Waals surface area (Å²) in [4.78, 5) is 14.6. The Labute approximate surface area is 123 Å². The minimum absolute atomic E-state index is 0.0322. The van der Waals surface area contributed by atoms with Crippen molar-refractivity contribution in [2.45, 2.75) is 5.92 Å². The van der Waals surface area contributed by atoms with Crippen molar-refractivity contribution in [1.29, 1.82) is 0 Å². The van der Waals surface area contributed by atoms with Crippen LogP contribution in [0.3, 0.4) is 0 Å². The zero-order valence-corrected chi connectivity index (χ0v) is 12.1. The third-order valence-corrected chi connectivity index (χ3v) is 3.77. The lowest BCUT2D eigenvalue weighted by molar-refractivity contribution is -0.154. The molecule has 0 atom stereocenters. The number of hydrogen-bond acceptors (Lipinski definition) is 4. The van der Waals surface area contributed by atoms with E-state index in [0.29, 0.717) is 0 Å². The quantitative estimate of drug-likeness (QED) is 0.641. The van der Waals surface area contributed by atoms with E-state index in [4.69, 9.17) is 9.47 Å². The van der Waals surface area contributed by atoms with Gasteiger partial charge in [0.05, 0.1) is 0 Å². The molecule has 0 saturated heterocycles. The van der Waals surface area contributed by atoms with Crippen LogP contribution in [0.1, 0.15) is 17.0 Å². The molecule has 0 radical (unpaired) electrons. The van der Waals surface area contributed by atoms with Gasteiger partial charge in [-0.3, -0.25) is 4.79 Å². The van der Waals surface area contributed by atoms with Crippen LogP contribution in [0, 0.1) is 0 Å². The summed E-state index contributed by atoms with van der Waals surface area (Å²) in [6, 6.07) is 15.8. The SMILES string of the molecule is COCOC(=O)C1c2ccccc2N(C)c2ccccc21. The standard InChI is InChI=1S/C17H17NO3/c1-18-14-9-5-3-7-12(14)16(17(19)21-11-20-2)13-8-4-6-10-15(13)18/h3-10,16H,11H2,1-2H3. The number of benzene rings is 2. The molecule has 2 aromatic carbocycles. The van der Waals surface area contributed by atoms with Crippen LogP contribution >= 0.6 is 0 Å². The second-order valence-corrected chi connectivity index (χ2v) is 4.98. The predicted molar refractivity (Wildman–Crippen MR) is 80.8 cm³/mol. The van der Waals surface area contributed by atoms with Crippen molar-refractivity contribution >= 4 is 17.3 Å². The van der Waals surface area contributed by atoms with E-state index >= 15 is 0 Å². The molecule has 0 aromatic heterocycles. The van der Waals surface area contributed by atoms with E-state index < -0.39 is 5.92 Å². The fourth-order valence-electron chi connectivity index (χ4n) is 2.83. The number of hydrogen-bond donors (Lipinski definition) is 0. The molecule has 4 heteroatoms. The summed E-state index contributed by atoms with van der Waals surface area (Å²) in [7, 11) is 3.51. The number of fused-ring (bicyclic) bond motifs is 2. The number of rotatable bonds is 3. The molecular formula is C17H17NO3. The van der Waals surface area contributed by atoms with Gasteiger partial charge in [-0.1, -0.05) is 36.4 Å². The molecular weight excluding hydrogens is 266 g/mol. The topological polar surface area (TPSA) is 38.8 Å². The Morgan fingerprint density at radius 3 is 2.10 bits per heavy atom. The Balaban J connectivity index is 2.11. The number of carbonyl (C=O) groups is 1. The second-order valence-electron chi connectivity index (χ2n) is 4.98. The summed E-state index contributed by atoms with van der Waals surface area (Å²) in [6.45, 7) is -0.0322. The minimum Gasteiger partial charge on any atom is -0.438 e. The summed E-state index contributed by atoms with van der Waals surface area (Å²) in [5, 5.41) is 0. The third kappa shape index (κ3) is 2.28. The molecule has 0 aliphatic carbocycles. The van der Waals surface area contributed by atoms with E-state index in [9.17, 15) is 4.79 Å². The molecule has 0 amide bonds. The van der Waals surface area contributed by atoms with Crippen molar-refractivity contribution in [3.05, 3.63) is 59.7 Å². The van der Waals surface area contributed by atoms with Gasteiger partial charge in [0.15, 0.2) is 6.79 Å². The first-order chi connectivity index (χ1) is 10.2. The Kier molecular flexibility index (Phi) is 3.62. The van der Waals surface area contributed by atoms with Crippen LogP contribution in [0.2, 0.25) is 0 Å².